The number of aromatic nitrogens is 1. The minimum absolute atomic E-state index is 0.00835. The Kier molecular flexibility index (Phi) is 11.7. The molecule has 288 valence electrons. The monoisotopic (exact) mass is 747 g/mol. The van der Waals surface area contributed by atoms with Crippen molar-refractivity contribution >= 4 is 40.9 Å². The van der Waals surface area contributed by atoms with Crippen molar-refractivity contribution in [3.63, 3.8) is 0 Å². The van der Waals surface area contributed by atoms with Crippen LogP contribution in [0.4, 0.5) is 11.5 Å². The van der Waals surface area contributed by atoms with Gasteiger partial charge in [0, 0.05) is 75.4 Å². The number of piperidine rings is 1. The Morgan fingerprint density at radius 3 is 2.51 bits per heavy atom. The summed E-state index contributed by atoms with van der Waals surface area (Å²) in [5.41, 5.74) is 2.84. The summed E-state index contributed by atoms with van der Waals surface area (Å²) >= 11 is 0. The van der Waals surface area contributed by atoms with Crippen LogP contribution in [0.5, 0.6) is 5.75 Å². The molecule has 13 heteroatoms. The van der Waals surface area contributed by atoms with Crippen molar-refractivity contribution in [3.05, 3.63) is 95.3 Å². The summed E-state index contributed by atoms with van der Waals surface area (Å²) in [6.45, 7) is 3.52. The van der Waals surface area contributed by atoms with E-state index < -0.39 is 17.9 Å². The minimum Gasteiger partial charge on any atom is -0.507 e. The van der Waals surface area contributed by atoms with Gasteiger partial charge < -0.3 is 30.9 Å². The number of likely N-dealkylation sites (tertiary alicyclic amines) is 1. The summed E-state index contributed by atoms with van der Waals surface area (Å²) in [6, 6.07) is 15.8. The van der Waals surface area contributed by atoms with Crippen LogP contribution < -0.4 is 20.9 Å². The number of phenolic OH excluding ortho intramolecular Hbond substituents is 1. The van der Waals surface area contributed by atoms with E-state index in [2.05, 4.69) is 37.9 Å². The van der Waals surface area contributed by atoms with Crippen LogP contribution in [0.25, 0.3) is 0 Å². The third-order valence-electron chi connectivity index (χ3n) is 11.1. The Balaban J connectivity index is 0.734. The molecule has 13 nitrogen and oxygen atoms in total. The molecule has 4 amide bonds. The van der Waals surface area contributed by atoms with Gasteiger partial charge in [-0.1, -0.05) is 37.5 Å². The number of rotatable bonds is 17. The predicted molar refractivity (Wildman–Crippen MR) is 208 cm³/mol. The number of unbranched alkanes of at least 4 members (excludes halogenated alkanes) is 4. The molecule has 4 aliphatic heterocycles. The molecule has 0 aliphatic carbocycles. The number of benzene rings is 2. The van der Waals surface area contributed by atoms with Crippen LogP contribution in [0.1, 0.15) is 94.4 Å². The van der Waals surface area contributed by atoms with Gasteiger partial charge in [0.25, 0.3) is 11.8 Å². The number of nitrogens with one attached hydrogen (secondary N) is 3. The number of pyridine rings is 1. The molecule has 0 radical (unpaired) electrons. The maximum Gasteiger partial charge on any atom is 0.262 e. The first-order valence-corrected chi connectivity index (χ1v) is 19.5. The number of allylic oxidation sites excluding steroid dienone is 1. The predicted octanol–water partition coefficient (Wildman–Crippen LogP) is 4.43. The van der Waals surface area contributed by atoms with Crippen molar-refractivity contribution in [2.45, 2.75) is 82.3 Å². The van der Waals surface area contributed by atoms with Gasteiger partial charge in [-0.3, -0.25) is 28.9 Å². The molecule has 2 aromatic carbocycles. The van der Waals surface area contributed by atoms with Gasteiger partial charge in [0.1, 0.15) is 17.6 Å². The van der Waals surface area contributed by atoms with E-state index in [9.17, 15) is 29.1 Å². The number of anilines is 2. The van der Waals surface area contributed by atoms with Gasteiger partial charge in [-0.25, -0.2) is 4.98 Å². The number of nitrogens with zero attached hydrogens (tertiary/aromatic N) is 4. The van der Waals surface area contributed by atoms with Crippen LogP contribution in [0.3, 0.4) is 0 Å². The molecular formula is C42H49N7O6. The molecule has 7 rings (SSSR count). The van der Waals surface area contributed by atoms with Crippen LogP contribution >= 0.6 is 0 Å². The number of fused-ring (bicyclic) bond motifs is 3. The third kappa shape index (κ3) is 8.66. The van der Waals surface area contributed by atoms with Crippen molar-refractivity contribution in [2.24, 2.45) is 0 Å². The largest absolute Gasteiger partial charge is 0.507 e. The number of phenols is 1. The SMILES string of the molecule is O=C(CCCCCCCNc1ccc2c(c1)C(=O)N(C1CCCNC1=O)C2=O)NCCc1ccc(N2C[C@@H]3C[C@H]2CN3/C=C/C(=O)c2ccccc2O)nc1. The standard InChI is InChI=1S/C42H49N7O6/c50-36-11-6-5-9-33(36)37(51)18-22-47-26-31-24-30(47)27-48(31)38-16-13-28(25-46-38)17-21-44-39(52)12-4-2-1-3-7-19-43-29-14-15-32-34(23-29)42(55)49(41(32)54)35-10-8-20-45-40(35)53/h5-6,9,11,13-16,18,22-23,25,30-31,35,43,50H,1-4,7-8,10,12,17,19-21,24,26-27H2,(H,44,52)(H,45,53)/b22-18+/t30-,31-,35?/m0/s1. The number of para-hydroxylation sites is 1. The average Bonchev–Trinajstić information content (AvgIpc) is 3.87. The summed E-state index contributed by atoms with van der Waals surface area (Å²) in [5, 5.41) is 19.1. The molecule has 4 aliphatic rings. The van der Waals surface area contributed by atoms with E-state index >= 15 is 0 Å². The Labute approximate surface area is 321 Å². The van der Waals surface area contributed by atoms with Crippen molar-refractivity contribution in [1.82, 2.24) is 25.4 Å². The summed E-state index contributed by atoms with van der Waals surface area (Å²) < 4.78 is 0. The molecule has 0 spiro atoms. The lowest BCUT2D eigenvalue weighted by molar-refractivity contribution is -0.126. The quantitative estimate of drug-likeness (QED) is 0.0673. The fourth-order valence-corrected chi connectivity index (χ4v) is 8.09. The van der Waals surface area contributed by atoms with Gasteiger partial charge in [-0.05, 0) is 80.5 Å². The van der Waals surface area contributed by atoms with E-state index in [4.69, 9.17) is 4.98 Å². The first-order chi connectivity index (χ1) is 26.8. The van der Waals surface area contributed by atoms with Crippen LogP contribution in [0.15, 0.2) is 73.1 Å². The van der Waals surface area contributed by atoms with Gasteiger partial charge >= 0.3 is 0 Å². The molecular weight excluding hydrogens is 699 g/mol. The number of aromatic hydroxyl groups is 1. The second-order valence-corrected chi connectivity index (χ2v) is 14.8. The van der Waals surface area contributed by atoms with E-state index in [0.29, 0.717) is 61.1 Å². The molecule has 1 aromatic heterocycles. The lowest BCUT2D eigenvalue weighted by Crippen LogP contribution is -2.52. The van der Waals surface area contributed by atoms with Gasteiger partial charge in [0.2, 0.25) is 11.8 Å². The normalized spacial score (nSPS) is 20.3. The van der Waals surface area contributed by atoms with E-state index in [1.807, 2.05) is 12.4 Å². The maximum absolute atomic E-state index is 13.0. The van der Waals surface area contributed by atoms with Gasteiger partial charge in [0.05, 0.1) is 16.7 Å². The molecule has 3 atom stereocenters. The summed E-state index contributed by atoms with van der Waals surface area (Å²) in [4.78, 5) is 73.6. The first kappa shape index (κ1) is 37.6. The average molecular weight is 748 g/mol. The zero-order valence-electron chi connectivity index (χ0n) is 31.0. The van der Waals surface area contributed by atoms with E-state index in [1.165, 1.54) is 6.07 Å². The fraction of sp³-hybridized carbons (Fsp3) is 0.429. The van der Waals surface area contributed by atoms with Gasteiger partial charge in [-0.2, -0.15) is 0 Å². The lowest BCUT2D eigenvalue weighted by Gasteiger charge is -2.34. The molecule has 3 saturated heterocycles. The number of ketones is 1. The number of carbonyl (C=O) groups is 5. The Morgan fingerprint density at radius 2 is 1.73 bits per heavy atom. The second kappa shape index (κ2) is 17.2. The van der Waals surface area contributed by atoms with Gasteiger partial charge in [-0.15, -0.1) is 0 Å². The molecule has 5 heterocycles. The van der Waals surface area contributed by atoms with E-state index in [0.717, 1.165) is 86.5 Å². The summed E-state index contributed by atoms with van der Waals surface area (Å²) in [6.07, 6.45) is 13.5. The highest BCUT2D eigenvalue weighted by Crippen LogP contribution is 2.34. The Bertz CT molecular complexity index is 1950. The molecule has 4 N–H and O–H groups in total. The second-order valence-electron chi connectivity index (χ2n) is 14.8. The van der Waals surface area contributed by atoms with Crippen LogP contribution in [-0.4, -0.2) is 100 Å². The Hall–Kier alpha value is -5.72. The van der Waals surface area contributed by atoms with Crippen LogP contribution in [0.2, 0.25) is 0 Å². The molecule has 0 saturated carbocycles. The number of amides is 4. The molecule has 3 fully saturated rings. The topological polar surface area (TPSA) is 164 Å². The smallest absolute Gasteiger partial charge is 0.262 e. The highest BCUT2D eigenvalue weighted by Gasteiger charge is 2.44. The third-order valence-corrected chi connectivity index (χ3v) is 11.1. The van der Waals surface area contributed by atoms with E-state index in [-0.39, 0.29) is 23.3 Å². The fourth-order valence-electron chi connectivity index (χ4n) is 8.09. The zero-order chi connectivity index (χ0) is 38.3. The Morgan fingerprint density at radius 1 is 0.909 bits per heavy atom. The number of carbonyl (C=O) groups excluding carboxylic acids is 5. The highest BCUT2D eigenvalue weighted by atomic mass is 16.3. The highest BCUT2D eigenvalue weighted by molar-refractivity contribution is 6.23. The zero-order valence-corrected chi connectivity index (χ0v) is 31.0. The number of hydrogen-bond donors (Lipinski definition) is 4. The molecule has 2 bridgehead atoms. The van der Waals surface area contributed by atoms with E-state index in [1.54, 1.807) is 42.5 Å². The molecule has 3 aromatic rings. The van der Waals surface area contributed by atoms with Crippen LogP contribution in [-0.2, 0) is 16.0 Å². The molecule has 1 unspecified atom stereocenters. The van der Waals surface area contributed by atoms with Crippen molar-refractivity contribution in [3.8, 4) is 5.75 Å². The van der Waals surface area contributed by atoms with Crippen LogP contribution in [0, 0.1) is 0 Å². The van der Waals surface area contributed by atoms with Gasteiger partial charge in [0.15, 0.2) is 5.78 Å². The van der Waals surface area contributed by atoms with Crippen molar-refractivity contribution in [1.29, 1.82) is 0 Å². The van der Waals surface area contributed by atoms with Crippen molar-refractivity contribution < 1.29 is 29.1 Å². The number of hydrogen-bond acceptors (Lipinski definition) is 10. The van der Waals surface area contributed by atoms with Crippen molar-refractivity contribution in [2.75, 3.05) is 42.9 Å². The summed E-state index contributed by atoms with van der Waals surface area (Å²) in [7, 11) is 0. The summed E-state index contributed by atoms with van der Waals surface area (Å²) in [5.74, 6) is -0.295. The molecule has 55 heavy (non-hydrogen) atoms. The minimum atomic E-state index is -0.745. The maximum atomic E-state index is 13.0. The number of imide groups is 1. The first-order valence-electron chi connectivity index (χ1n) is 19.5. The number of piperazine rings is 1. The lowest BCUT2D eigenvalue weighted by atomic mass is 10.1.